The first-order valence-corrected chi connectivity index (χ1v) is 12.5. The summed E-state index contributed by atoms with van der Waals surface area (Å²) in [5, 5.41) is 10.8. The van der Waals surface area contributed by atoms with Crippen LogP contribution >= 0.6 is 0 Å². The van der Waals surface area contributed by atoms with Crippen molar-refractivity contribution >= 4 is 11.7 Å². The molecule has 0 aliphatic heterocycles. The number of carbonyl (C=O) groups excluding carboxylic acids is 2. The maximum Gasteiger partial charge on any atom is 0.220 e. The van der Waals surface area contributed by atoms with Gasteiger partial charge in [0.1, 0.15) is 11.5 Å². The Bertz CT molecular complexity index is 683. The Kier molecular flexibility index (Phi) is 18.0. The second kappa shape index (κ2) is 20.3. The molecule has 0 radical (unpaired) electrons. The van der Waals surface area contributed by atoms with Gasteiger partial charge in [-0.15, -0.1) is 5.10 Å². The fraction of sp³-hybridized carbons (Fsp3) is 0.833. The van der Waals surface area contributed by atoms with Gasteiger partial charge in [0, 0.05) is 25.4 Å². The molecule has 0 aromatic carbocycles. The number of nitrogens with zero attached hydrogens (tertiary/aromatic N) is 3. The van der Waals surface area contributed by atoms with Gasteiger partial charge in [-0.25, -0.2) is 4.68 Å². The van der Waals surface area contributed by atoms with E-state index in [0.717, 1.165) is 6.61 Å². The van der Waals surface area contributed by atoms with Gasteiger partial charge in [-0.3, -0.25) is 9.59 Å². The minimum atomic E-state index is -0.168. The normalized spacial score (nSPS) is 11.5. The average Bonchev–Trinajstić information content (AvgIpc) is 3.28. The number of Topliss-reactive ketones (excluding diaryl/α,β-unsaturated/α-hetero) is 1. The highest BCUT2D eigenvalue weighted by Gasteiger charge is 2.10. The molecule has 1 amide bonds. The summed E-state index contributed by atoms with van der Waals surface area (Å²) in [6, 6.07) is 0. The number of nitrogens with one attached hydrogen (secondary N) is 1. The fourth-order valence-corrected chi connectivity index (χ4v) is 2.69. The molecule has 1 rings (SSSR count). The zero-order valence-electron chi connectivity index (χ0n) is 21.8. The van der Waals surface area contributed by atoms with Crippen LogP contribution < -0.4 is 5.32 Å². The number of rotatable bonds is 23. The van der Waals surface area contributed by atoms with E-state index >= 15 is 0 Å². The molecule has 11 heteroatoms. The van der Waals surface area contributed by atoms with Crippen molar-refractivity contribution < 1.29 is 33.3 Å². The molecule has 11 nitrogen and oxygen atoms in total. The van der Waals surface area contributed by atoms with Crippen molar-refractivity contribution in [3.63, 3.8) is 0 Å². The van der Waals surface area contributed by atoms with Gasteiger partial charge in [-0.05, 0) is 5.92 Å². The summed E-state index contributed by atoms with van der Waals surface area (Å²) in [6.45, 7) is 14.2. The lowest BCUT2D eigenvalue weighted by molar-refractivity contribution is -0.126. The molecule has 0 unspecified atom stereocenters. The molecule has 0 spiro atoms. The van der Waals surface area contributed by atoms with E-state index in [-0.39, 0.29) is 37.0 Å². The zero-order valence-corrected chi connectivity index (χ0v) is 21.8. The van der Waals surface area contributed by atoms with Crippen molar-refractivity contribution in [2.24, 2.45) is 11.8 Å². The van der Waals surface area contributed by atoms with Crippen LogP contribution in [0.1, 0.15) is 46.2 Å². The lowest BCUT2D eigenvalue weighted by Gasteiger charge is -2.08. The van der Waals surface area contributed by atoms with Crippen LogP contribution in [-0.2, 0) is 46.4 Å². The standard InChI is InChI=1S/C24H44N4O7/c1-20(2)19-35-16-15-34-14-13-33-12-11-32-10-9-31-8-7-28-18-22(26-27-28)17-25-24(30)6-5-23(29)21(3)4/h18,20-21H,5-17,19H2,1-4H3,(H,25,30). The Morgan fingerprint density at radius 3 is 1.91 bits per heavy atom. The number of aromatic nitrogens is 3. The first-order valence-electron chi connectivity index (χ1n) is 12.5. The van der Waals surface area contributed by atoms with Crippen LogP contribution in [0.25, 0.3) is 0 Å². The largest absolute Gasteiger partial charge is 0.379 e. The Labute approximate surface area is 209 Å². The molecule has 0 bridgehead atoms. The minimum Gasteiger partial charge on any atom is -0.379 e. The summed E-state index contributed by atoms with van der Waals surface area (Å²) in [5.74, 6) is 0.409. The van der Waals surface area contributed by atoms with Crippen LogP contribution in [0.3, 0.4) is 0 Å². The summed E-state index contributed by atoms with van der Waals surface area (Å²) < 4.78 is 29.0. The molecule has 1 heterocycles. The van der Waals surface area contributed by atoms with E-state index in [2.05, 4.69) is 29.5 Å². The Morgan fingerprint density at radius 1 is 0.829 bits per heavy atom. The predicted octanol–water partition coefficient (Wildman–Crippen LogP) is 1.64. The van der Waals surface area contributed by atoms with Gasteiger partial charge in [0.2, 0.25) is 5.91 Å². The molecular weight excluding hydrogens is 456 g/mol. The van der Waals surface area contributed by atoms with Gasteiger partial charge in [0.15, 0.2) is 0 Å². The van der Waals surface area contributed by atoms with Crippen LogP contribution in [0.2, 0.25) is 0 Å². The SMILES string of the molecule is CC(C)COCCOCCOCCOCCOCCn1cc(CNC(=O)CCC(=O)C(C)C)nn1. The maximum atomic E-state index is 11.8. The quantitative estimate of drug-likeness (QED) is 0.223. The summed E-state index contributed by atoms with van der Waals surface area (Å²) in [4.78, 5) is 23.4. The van der Waals surface area contributed by atoms with Crippen LogP contribution in [0.4, 0.5) is 0 Å². The number of carbonyl (C=O) groups is 2. The topological polar surface area (TPSA) is 123 Å². The van der Waals surface area contributed by atoms with Crippen molar-refractivity contribution in [1.82, 2.24) is 20.3 Å². The zero-order chi connectivity index (χ0) is 25.7. The second-order valence-corrected chi connectivity index (χ2v) is 8.79. The van der Waals surface area contributed by atoms with Crippen LogP contribution in [0.5, 0.6) is 0 Å². The number of hydrogen-bond acceptors (Lipinski definition) is 9. The highest BCUT2D eigenvalue weighted by molar-refractivity contribution is 5.85. The molecule has 0 atom stereocenters. The van der Waals surface area contributed by atoms with Crippen molar-refractivity contribution in [1.29, 1.82) is 0 Å². The lowest BCUT2D eigenvalue weighted by Crippen LogP contribution is -2.24. The monoisotopic (exact) mass is 500 g/mol. The van der Waals surface area contributed by atoms with Crippen molar-refractivity contribution in [3.8, 4) is 0 Å². The highest BCUT2D eigenvalue weighted by atomic mass is 16.6. The molecule has 0 saturated carbocycles. The third kappa shape index (κ3) is 18.1. The molecule has 0 saturated heterocycles. The van der Waals surface area contributed by atoms with Crippen LogP contribution in [-0.4, -0.2) is 92.8 Å². The summed E-state index contributed by atoms with van der Waals surface area (Å²) >= 11 is 0. The predicted molar refractivity (Wildman–Crippen MR) is 130 cm³/mol. The molecule has 0 aliphatic carbocycles. The molecule has 1 aromatic rings. The third-order valence-corrected chi connectivity index (χ3v) is 4.70. The molecule has 1 aromatic heterocycles. The Morgan fingerprint density at radius 2 is 1.37 bits per heavy atom. The van der Waals surface area contributed by atoms with E-state index < -0.39 is 0 Å². The molecule has 1 N–H and O–H groups in total. The summed E-state index contributed by atoms with van der Waals surface area (Å²) in [7, 11) is 0. The number of ketones is 1. The van der Waals surface area contributed by atoms with E-state index in [0.29, 0.717) is 77.6 Å². The third-order valence-electron chi connectivity index (χ3n) is 4.70. The lowest BCUT2D eigenvalue weighted by atomic mass is 10.0. The van der Waals surface area contributed by atoms with E-state index in [4.69, 9.17) is 23.7 Å². The van der Waals surface area contributed by atoms with Gasteiger partial charge >= 0.3 is 0 Å². The van der Waals surface area contributed by atoms with E-state index in [9.17, 15) is 9.59 Å². The number of hydrogen-bond donors (Lipinski definition) is 1. The molecule has 0 aliphatic rings. The molecule has 202 valence electrons. The Balaban J connectivity index is 1.90. The van der Waals surface area contributed by atoms with Gasteiger partial charge in [0.05, 0.1) is 78.7 Å². The van der Waals surface area contributed by atoms with Crippen LogP contribution in [0.15, 0.2) is 6.20 Å². The smallest absolute Gasteiger partial charge is 0.220 e. The first-order chi connectivity index (χ1) is 16.9. The van der Waals surface area contributed by atoms with Crippen molar-refractivity contribution in [3.05, 3.63) is 11.9 Å². The minimum absolute atomic E-state index is 0.0496. The van der Waals surface area contributed by atoms with Crippen LogP contribution in [0, 0.1) is 11.8 Å². The number of ether oxygens (including phenoxy) is 5. The fourth-order valence-electron chi connectivity index (χ4n) is 2.69. The summed E-state index contributed by atoms with van der Waals surface area (Å²) in [6.07, 6.45) is 2.21. The van der Waals surface area contributed by atoms with Crippen molar-refractivity contribution in [2.45, 2.75) is 53.6 Å². The Hall–Kier alpha value is -1.92. The van der Waals surface area contributed by atoms with E-state index in [1.807, 2.05) is 13.8 Å². The van der Waals surface area contributed by atoms with Gasteiger partial charge in [0.25, 0.3) is 0 Å². The maximum absolute atomic E-state index is 11.8. The van der Waals surface area contributed by atoms with Crippen molar-refractivity contribution in [2.75, 3.05) is 66.1 Å². The molecular formula is C24H44N4O7. The molecule has 35 heavy (non-hydrogen) atoms. The first kappa shape index (κ1) is 31.1. The van der Waals surface area contributed by atoms with Gasteiger partial charge < -0.3 is 29.0 Å². The number of amides is 1. The average molecular weight is 501 g/mol. The van der Waals surface area contributed by atoms with Gasteiger partial charge in [-0.2, -0.15) is 0 Å². The van der Waals surface area contributed by atoms with Gasteiger partial charge in [-0.1, -0.05) is 32.9 Å². The summed E-state index contributed by atoms with van der Waals surface area (Å²) in [5.41, 5.74) is 0.654. The van der Waals surface area contributed by atoms with E-state index in [1.54, 1.807) is 10.9 Å². The molecule has 0 fully saturated rings. The van der Waals surface area contributed by atoms with E-state index in [1.165, 1.54) is 0 Å². The second-order valence-electron chi connectivity index (χ2n) is 8.79. The highest BCUT2D eigenvalue weighted by Crippen LogP contribution is 2.02.